The Morgan fingerprint density at radius 2 is 2.10 bits per heavy atom. The second-order valence-electron chi connectivity index (χ2n) is 9.28. The van der Waals surface area contributed by atoms with E-state index in [0.29, 0.717) is 22.6 Å². The first kappa shape index (κ1) is 28.8. The highest BCUT2D eigenvalue weighted by Gasteiger charge is 2.51. The molecule has 7 atom stereocenters. The van der Waals surface area contributed by atoms with Crippen LogP contribution in [0.1, 0.15) is 30.7 Å². The summed E-state index contributed by atoms with van der Waals surface area (Å²) in [6, 6.07) is -0.493. The molecule has 6 heterocycles. The number of halogens is 1. The number of imidazole rings is 2. The molecule has 3 aromatic heterocycles. The van der Waals surface area contributed by atoms with Gasteiger partial charge >= 0.3 is 13.5 Å². The van der Waals surface area contributed by atoms with Crippen LogP contribution in [0.25, 0.3) is 16.9 Å². The monoisotopic (exact) mass is 647 g/mol. The molecule has 6 rings (SSSR count). The fourth-order valence-electron chi connectivity index (χ4n) is 4.65. The first-order chi connectivity index (χ1) is 19.4. The van der Waals surface area contributed by atoms with Crippen LogP contribution in [0.5, 0.6) is 0 Å². The molecular formula is C20H24FN9O7P2S2. The third-order valence-electron chi connectivity index (χ3n) is 6.46. The Morgan fingerprint density at radius 3 is 2.90 bits per heavy atom. The third kappa shape index (κ3) is 5.59. The summed E-state index contributed by atoms with van der Waals surface area (Å²) in [6.07, 6.45) is -1.98. The van der Waals surface area contributed by atoms with E-state index in [1.807, 2.05) is 0 Å². The van der Waals surface area contributed by atoms with Crippen LogP contribution in [0.15, 0.2) is 30.4 Å². The molecule has 0 amide bonds. The topological polar surface area (TPSA) is 195 Å². The van der Waals surface area contributed by atoms with E-state index < -0.39 is 50.8 Å². The lowest BCUT2D eigenvalue weighted by molar-refractivity contribution is -0.0464. The zero-order chi connectivity index (χ0) is 29.1. The summed E-state index contributed by atoms with van der Waals surface area (Å²) in [6.45, 7) is -3.52. The SMILES string of the molecule is C=C1NC(N)=Nc2c1ncn2[C@@H]1O[C@@H]2COP(O)(=S)OC[C@H](C)n3c(nc4cncnc43)COP(=O)(S)O[C@@H]1[C@@H]2F. The van der Waals surface area contributed by atoms with Gasteiger partial charge in [0.05, 0.1) is 37.5 Å². The van der Waals surface area contributed by atoms with Gasteiger partial charge in [-0.05, 0) is 18.7 Å². The summed E-state index contributed by atoms with van der Waals surface area (Å²) in [5.41, 5.74) is 7.39. The van der Waals surface area contributed by atoms with Gasteiger partial charge in [-0.1, -0.05) is 18.8 Å². The van der Waals surface area contributed by atoms with Gasteiger partial charge in [0.1, 0.15) is 42.2 Å². The summed E-state index contributed by atoms with van der Waals surface area (Å²) in [5.74, 6) is 0.487. The molecule has 0 saturated carbocycles. The number of ether oxygens (including phenoxy) is 1. The average Bonchev–Trinajstić information content (AvgIpc) is 3.58. The van der Waals surface area contributed by atoms with Crippen molar-refractivity contribution in [3.8, 4) is 0 Å². The van der Waals surface area contributed by atoms with Crippen LogP contribution in [0, 0.1) is 0 Å². The van der Waals surface area contributed by atoms with E-state index in [4.69, 9.17) is 40.4 Å². The fourth-order valence-corrected chi connectivity index (χ4v) is 7.20. The Labute approximate surface area is 242 Å². The molecule has 0 aliphatic carbocycles. The highest BCUT2D eigenvalue weighted by Crippen LogP contribution is 2.58. The number of hydrogen-bond donors (Lipinski definition) is 4. The summed E-state index contributed by atoms with van der Waals surface area (Å²) >= 11 is 9.27. The van der Waals surface area contributed by atoms with Crippen LogP contribution < -0.4 is 11.1 Å². The molecule has 2 unspecified atom stereocenters. The molecule has 3 aromatic rings. The van der Waals surface area contributed by atoms with Crippen molar-refractivity contribution < 1.29 is 36.7 Å². The number of alkyl halides is 1. The van der Waals surface area contributed by atoms with Gasteiger partial charge in [-0.15, -0.1) is 0 Å². The van der Waals surface area contributed by atoms with E-state index in [2.05, 4.69) is 49.1 Å². The molecule has 3 aliphatic heterocycles. The van der Waals surface area contributed by atoms with E-state index in [9.17, 15) is 9.46 Å². The number of aromatic nitrogens is 6. The number of nitrogens with zero attached hydrogens (tertiary/aromatic N) is 7. The molecule has 16 nitrogen and oxygen atoms in total. The van der Waals surface area contributed by atoms with Crippen molar-refractivity contribution in [2.24, 2.45) is 10.7 Å². The number of thiol groups is 1. The Kier molecular flexibility index (Phi) is 7.55. The van der Waals surface area contributed by atoms with E-state index in [-0.39, 0.29) is 30.8 Å². The van der Waals surface area contributed by atoms with Gasteiger partial charge in [0.15, 0.2) is 29.8 Å². The van der Waals surface area contributed by atoms with Crippen LogP contribution in [-0.2, 0) is 45.8 Å². The predicted octanol–water partition coefficient (Wildman–Crippen LogP) is 2.24. The number of rotatable bonds is 1. The Hall–Kier alpha value is -2.31. The second kappa shape index (κ2) is 10.8. The largest absolute Gasteiger partial charge is 0.387 e. The maximum Gasteiger partial charge on any atom is 0.387 e. The van der Waals surface area contributed by atoms with Crippen LogP contribution in [0.2, 0.25) is 0 Å². The first-order valence-corrected chi connectivity index (χ1v) is 17.3. The minimum absolute atomic E-state index is 0.0222. The lowest BCUT2D eigenvalue weighted by atomic mass is 10.1. The molecular weight excluding hydrogens is 623 g/mol. The standard InChI is InChI=1S/C20H24FN9O7P2S2/c1-9-4-33-38(31,40)34-5-12-14(21)16(19(36-12)29-8-25-15-10(2)26-20(22)28-18(15)29)37-39(32,41)35-6-13-27-11-3-23-7-24-17(11)30(9)13/h3,7-9,12,14,16,19H,2,4-6H2,1H3,(H,31,40)(H,32,41)(H3,22,26,28)/t9-,12+,14+,16+,19+,38?,39?/m0/s1. The van der Waals surface area contributed by atoms with Crippen molar-refractivity contribution >= 4 is 66.2 Å². The smallest absolute Gasteiger partial charge is 0.369 e. The quantitative estimate of drug-likeness (QED) is 0.222. The van der Waals surface area contributed by atoms with E-state index in [1.165, 1.54) is 23.4 Å². The zero-order valence-electron chi connectivity index (χ0n) is 21.2. The molecule has 0 radical (unpaired) electrons. The predicted molar refractivity (Wildman–Crippen MR) is 149 cm³/mol. The number of aliphatic imine (C=N–C) groups is 1. The number of fused-ring (bicyclic) bond motifs is 6. The highest BCUT2D eigenvalue weighted by molar-refractivity contribution is 8.44. The van der Waals surface area contributed by atoms with Gasteiger partial charge in [0, 0.05) is 0 Å². The van der Waals surface area contributed by atoms with Gasteiger partial charge in [-0.3, -0.25) is 13.6 Å². The van der Waals surface area contributed by atoms with Crippen molar-refractivity contribution in [2.45, 2.75) is 44.2 Å². The Balaban J connectivity index is 1.38. The number of nitrogens with two attached hydrogens (primary N) is 1. The van der Waals surface area contributed by atoms with E-state index >= 15 is 4.39 Å². The number of nitrogens with one attached hydrogen (secondary N) is 1. The molecule has 0 aromatic carbocycles. The second-order valence-corrected chi connectivity index (χ2v) is 15.0. The lowest BCUT2D eigenvalue weighted by Gasteiger charge is -2.25. The van der Waals surface area contributed by atoms with Gasteiger partial charge < -0.3 is 34.3 Å². The lowest BCUT2D eigenvalue weighted by Crippen LogP contribution is -2.33. The van der Waals surface area contributed by atoms with Crippen LogP contribution in [-0.4, -0.2) is 71.5 Å². The zero-order valence-corrected chi connectivity index (χ0v) is 24.7. The highest BCUT2D eigenvalue weighted by atomic mass is 32.7. The molecule has 220 valence electrons. The van der Waals surface area contributed by atoms with Crippen LogP contribution in [0.4, 0.5) is 10.2 Å². The van der Waals surface area contributed by atoms with Crippen molar-refractivity contribution in [1.82, 2.24) is 34.4 Å². The molecule has 21 heteroatoms. The minimum atomic E-state index is -4.27. The summed E-state index contributed by atoms with van der Waals surface area (Å²) in [4.78, 5) is 31.9. The molecule has 1 fully saturated rings. The van der Waals surface area contributed by atoms with Crippen LogP contribution >= 0.6 is 25.8 Å². The van der Waals surface area contributed by atoms with Gasteiger partial charge in [-0.25, -0.2) is 28.9 Å². The third-order valence-corrected chi connectivity index (χ3v) is 9.64. The van der Waals surface area contributed by atoms with Crippen molar-refractivity contribution in [3.63, 3.8) is 0 Å². The molecule has 0 spiro atoms. The summed E-state index contributed by atoms with van der Waals surface area (Å²) < 4.78 is 60.5. The van der Waals surface area contributed by atoms with Crippen molar-refractivity contribution in [1.29, 1.82) is 0 Å². The molecule has 2 bridgehead atoms. The minimum Gasteiger partial charge on any atom is -0.369 e. The van der Waals surface area contributed by atoms with E-state index in [0.717, 1.165) is 0 Å². The maximum absolute atomic E-state index is 15.9. The fraction of sp³-hybridized carbons (Fsp3) is 0.450. The molecule has 4 N–H and O–H groups in total. The maximum atomic E-state index is 15.9. The van der Waals surface area contributed by atoms with Crippen molar-refractivity contribution in [2.75, 3.05) is 13.2 Å². The summed E-state index contributed by atoms with van der Waals surface area (Å²) in [5, 5.41) is 2.75. The normalized spacial score (nSPS) is 34.7. The Morgan fingerprint density at radius 1 is 1.32 bits per heavy atom. The van der Waals surface area contributed by atoms with Gasteiger partial charge in [0.2, 0.25) is 0 Å². The number of guanidine groups is 1. The van der Waals surface area contributed by atoms with Crippen LogP contribution in [0.3, 0.4) is 0 Å². The molecule has 3 aliphatic rings. The van der Waals surface area contributed by atoms with E-state index in [1.54, 1.807) is 11.5 Å². The van der Waals surface area contributed by atoms with Crippen molar-refractivity contribution in [3.05, 3.63) is 36.9 Å². The first-order valence-electron chi connectivity index (χ1n) is 12.0. The van der Waals surface area contributed by atoms with Gasteiger partial charge in [0.25, 0.3) is 0 Å². The summed E-state index contributed by atoms with van der Waals surface area (Å²) in [7, 11) is 0. The van der Waals surface area contributed by atoms with Gasteiger partial charge in [-0.2, -0.15) is 4.99 Å². The average molecular weight is 648 g/mol. The molecule has 1 saturated heterocycles. The molecule has 41 heavy (non-hydrogen) atoms. The number of hydrogen-bond acceptors (Lipinski definition) is 14. The Bertz CT molecular complexity index is 1650.